The Morgan fingerprint density at radius 3 is 2.88 bits per heavy atom. The maximum absolute atomic E-state index is 13.3. The van der Waals surface area contributed by atoms with Crippen molar-refractivity contribution in [1.29, 1.82) is 0 Å². The molecule has 1 unspecified atom stereocenters. The number of hydrogen-bond donors (Lipinski definition) is 0. The van der Waals surface area contributed by atoms with Gasteiger partial charge < -0.3 is 18.5 Å². The van der Waals surface area contributed by atoms with E-state index in [0.29, 0.717) is 31.3 Å². The summed E-state index contributed by atoms with van der Waals surface area (Å²) >= 11 is 7.15. The Morgan fingerprint density at radius 2 is 2.17 bits per heavy atom. The standard InChI is InChI=1S/C17H20ClFO4S/c1-2-20-15-10-17(21-7-8-22-17)6-5-16(15)24-11-12-3-4-13(19)9-14(12)23-18/h3-4,9-10,16H,2,5-8,11H2,1H3. The minimum atomic E-state index is -0.623. The Balaban J connectivity index is 1.70. The quantitative estimate of drug-likeness (QED) is 0.736. The van der Waals surface area contributed by atoms with Crippen molar-refractivity contribution in [3.63, 3.8) is 0 Å². The van der Waals surface area contributed by atoms with E-state index in [1.807, 2.05) is 13.0 Å². The van der Waals surface area contributed by atoms with E-state index in [4.69, 9.17) is 30.4 Å². The largest absolute Gasteiger partial charge is 0.497 e. The van der Waals surface area contributed by atoms with Gasteiger partial charge in [0.05, 0.1) is 25.1 Å². The number of rotatable bonds is 6. The van der Waals surface area contributed by atoms with Gasteiger partial charge in [-0.25, -0.2) is 4.39 Å². The van der Waals surface area contributed by atoms with E-state index < -0.39 is 5.79 Å². The van der Waals surface area contributed by atoms with Crippen LogP contribution >= 0.6 is 23.6 Å². The molecule has 3 rings (SSSR count). The second-order valence-electron chi connectivity index (χ2n) is 5.66. The average Bonchev–Trinajstić information content (AvgIpc) is 3.03. The minimum Gasteiger partial charge on any atom is -0.497 e. The van der Waals surface area contributed by atoms with E-state index in [0.717, 1.165) is 24.2 Å². The number of ether oxygens (including phenoxy) is 3. The van der Waals surface area contributed by atoms with E-state index in [-0.39, 0.29) is 11.1 Å². The fourth-order valence-electron chi connectivity index (χ4n) is 2.93. The van der Waals surface area contributed by atoms with Crippen molar-refractivity contribution in [1.82, 2.24) is 0 Å². The van der Waals surface area contributed by atoms with Crippen LogP contribution < -0.4 is 4.29 Å². The number of thioether (sulfide) groups is 1. The van der Waals surface area contributed by atoms with Crippen molar-refractivity contribution in [2.45, 2.75) is 36.6 Å². The van der Waals surface area contributed by atoms with E-state index in [2.05, 4.69) is 0 Å². The molecule has 0 bridgehead atoms. The summed E-state index contributed by atoms with van der Waals surface area (Å²) in [4.78, 5) is 0. The molecule has 1 saturated heterocycles. The summed E-state index contributed by atoms with van der Waals surface area (Å²) in [6, 6.07) is 4.39. The fourth-order valence-corrected chi connectivity index (χ4v) is 4.28. The molecular formula is C17H20ClFO4S. The summed E-state index contributed by atoms with van der Waals surface area (Å²) in [5, 5.41) is 0.191. The van der Waals surface area contributed by atoms with Gasteiger partial charge in [0.15, 0.2) is 11.5 Å². The first-order valence-electron chi connectivity index (χ1n) is 7.98. The Bertz CT molecular complexity index is 604. The number of halogens is 2. The molecule has 1 aliphatic heterocycles. The lowest BCUT2D eigenvalue weighted by Gasteiger charge is -2.33. The molecule has 1 spiro atoms. The smallest absolute Gasteiger partial charge is 0.191 e. The van der Waals surface area contributed by atoms with Crippen LogP contribution in [0.4, 0.5) is 4.39 Å². The lowest BCUT2D eigenvalue weighted by molar-refractivity contribution is -0.128. The molecule has 1 aromatic carbocycles. The van der Waals surface area contributed by atoms with Crippen LogP contribution in [-0.2, 0) is 20.0 Å². The van der Waals surface area contributed by atoms with Gasteiger partial charge in [-0.05, 0) is 19.4 Å². The molecule has 132 valence electrons. The molecule has 0 saturated carbocycles. The highest BCUT2D eigenvalue weighted by Gasteiger charge is 2.40. The summed E-state index contributed by atoms with van der Waals surface area (Å²) in [6.07, 6.45) is 3.65. The van der Waals surface area contributed by atoms with Gasteiger partial charge in [-0.1, -0.05) is 6.07 Å². The van der Waals surface area contributed by atoms with Crippen LogP contribution in [-0.4, -0.2) is 30.9 Å². The Kier molecular flexibility index (Phi) is 5.92. The topological polar surface area (TPSA) is 36.9 Å². The second kappa shape index (κ2) is 7.95. The van der Waals surface area contributed by atoms with Crippen molar-refractivity contribution in [2.75, 3.05) is 19.8 Å². The molecular weight excluding hydrogens is 355 g/mol. The first-order valence-corrected chi connectivity index (χ1v) is 9.33. The van der Waals surface area contributed by atoms with Gasteiger partial charge in [0, 0.05) is 29.9 Å². The third kappa shape index (κ3) is 3.99. The van der Waals surface area contributed by atoms with E-state index in [1.165, 1.54) is 12.1 Å². The fraction of sp³-hybridized carbons (Fsp3) is 0.529. The molecule has 1 heterocycles. The molecule has 24 heavy (non-hydrogen) atoms. The summed E-state index contributed by atoms with van der Waals surface area (Å²) in [7, 11) is 0. The highest BCUT2D eigenvalue weighted by molar-refractivity contribution is 7.99. The van der Waals surface area contributed by atoms with Gasteiger partial charge in [-0.15, -0.1) is 11.8 Å². The van der Waals surface area contributed by atoms with E-state index in [1.54, 1.807) is 17.8 Å². The third-order valence-corrected chi connectivity index (χ3v) is 5.59. The summed E-state index contributed by atoms with van der Waals surface area (Å²) in [5.74, 6) is 0.880. The van der Waals surface area contributed by atoms with Crippen LogP contribution in [0, 0.1) is 5.82 Å². The molecule has 1 atom stereocenters. The Hall–Kier alpha value is -0.950. The van der Waals surface area contributed by atoms with Crippen molar-refractivity contribution < 1.29 is 22.9 Å². The third-order valence-electron chi connectivity index (χ3n) is 4.07. The molecule has 0 amide bonds. The zero-order chi connectivity index (χ0) is 17.0. The molecule has 4 nitrogen and oxygen atoms in total. The highest BCUT2D eigenvalue weighted by atomic mass is 35.5. The predicted molar refractivity (Wildman–Crippen MR) is 91.5 cm³/mol. The minimum absolute atomic E-state index is 0.191. The first-order chi connectivity index (χ1) is 11.7. The molecule has 1 aromatic rings. The molecule has 0 N–H and O–H groups in total. The van der Waals surface area contributed by atoms with Crippen LogP contribution in [0.5, 0.6) is 5.75 Å². The zero-order valence-electron chi connectivity index (χ0n) is 13.4. The molecule has 2 aliphatic rings. The van der Waals surface area contributed by atoms with Gasteiger partial charge >= 0.3 is 0 Å². The van der Waals surface area contributed by atoms with Crippen molar-refractivity contribution in [3.05, 3.63) is 41.4 Å². The van der Waals surface area contributed by atoms with Gasteiger partial charge in [-0.3, -0.25) is 0 Å². The van der Waals surface area contributed by atoms with Crippen molar-refractivity contribution >= 4 is 23.6 Å². The summed E-state index contributed by atoms with van der Waals surface area (Å²) < 4.78 is 35.3. The van der Waals surface area contributed by atoms with Crippen LogP contribution in [0.15, 0.2) is 30.0 Å². The van der Waals surface area contributed by atoms with Crippen LogP contribution in [0.1, 0.15) is 25.3 Å². The van der Waals surface area contributed by atoms with Gasteiger partial charge in [0.25, 0.3) is 0 Å². The SMILES string of the molecule is CCOC1=CC2(CCC1SCc1ccc(F)cc1OCl)OCCO2. The van der Waals surface area contributed by atoms with Crippen LogP contribution in [0.3, 0.4) is 0 Å². The Morgan fingerprint density at radius 1 is 1.38 bits per heavy atom. The van der Waals surface area contributed by atoms with Crippen molar-refractivity contribution in [2.24, 2.45) is 0 Å². The molecule has 0 aromatic heterocycles. The average molecular weight is 375 g/mol. The van der Waals surface area contributed by atoms with Gasteiger partial charge in [-0.2, -0.15) is 0 Å². The number of hydrogen-bond acceptors (Lipinski definition) is 5. The Labute approximate surface area is 150 Å². The van der Waals surface area contributed by atoms with Gasteiger partial charge in [0.1, 0.15) is 23.4 Å². The highest BCUT2D eigenvalue weighted by Crippen LogP contribution is 2.40. The second-order valence-corrected chi connectivity index (χ2v) is 7.00. The predicted octanol–water partition coefficient (Wildman–Crippen LogP) is 4.42. The summed E-state index contributed by atoms with van der Waals surface area (Å²) in [6.45, 7) is 3.77. The maximum atomic E-state index is 13.3. The zero-order valence-corrected chi connectivity index (χ0v) is 15.0. The summed E-state index contributed by atoms with van der Waals surface area (Å²) in [5.41, 5.74) is 0.848. The van der Waals surface area contributed by atoms with Crippen LogP contribution in [0.2, 0.25) is 0 Å². The molecule has 1 fully saturated rings. The van der Waals surface area contributed by atoms with E-state index >= 15 is 0 Å². The van der Waals surface area contributed by atoms with Crippen molar-refractivity contribution in [3.8, 4) is 5.75 Å². The number of benzene rings is 1. The van der Waals surface area contributed by atoms with E-state index in [9.17, 15) is 4.39 Å². The first kappa shape index (κ1) is 17.9. The maximum Gasteiger partial charge on any atom is 0.191 e. The molecule has 1 aliphatic carbocycles. The lowest BCUT2D eigenvalue weighted by atomic mass is 9.99. The van der Waals surface area contributed by atoms with Crippen LogP contribution in [0.25, 0.3) is 0 Å². The van der Waals surface area contributed by atoms with Gasteiger partial charge in [0.2, 0.25) is 0 Å². The monoisotopic (exact) mass is 374 g/mol. The molecule has 7 heteroatoms. The normalized spacial score (nSPS) is 22.5. The molecule has 0 radical (unpaired) electrons. The lowest BCUT2D eigenvalue weighted by Crippen LogP contribution is -2.34.